The van der Waals surface area contributed by atoms with Crippen molar-refractivity contribution >= 4 is 10.8 Å². The summed E-state index contributed by atoms with van der Waals surface area (Å²) in [5, 5.41) is 0.287. The van der Waals surface area contributed by atoms with Crippen LogP contribution in [0, 0.1) is 12.8 Å². The number of hydrogen-bond donors (Lipinski definition) is 1. The van der Waals surface area contributed by atoms with Gasteiger partial charge in [0.2, 0.25) is 0 Å². The summed E-state index contributed by atoms with van der Waals surface area (Å²) in [4.78, 5) is 0. The van der Waals surface area contributed by atoms with Crippen LogP contribution >= 0.6 is 0 Å². The molecule has 0 aromatic heterocycles. The van der Waals surface area contributed by atoms with Gasteiger partial charge in [0.25, 0.3) is 0 Å². The van der Waals surface area contributed by atoms with E-state index in [0.29, 0.717) is 10.9 Å². The molecule has 1 radical (unpaired) electrons. The van der Waals surface area contributed by atoms with E-state index in [1.54, 1.807) is 13.0 Å². The van der Waals surface area contributed by atoms with Crippen LogP contribution in [0.15, 0.2) is 30.3 Å². The molecule has 1 fully saturated rings. The molecule has 1 aliphatic carbocycles. The van der Waals surface area contributed by atoms with Crippen molar-refractivity contribution in [1.29, 1.82) is 0 Å². The number of hydrogen-bond acceptors (Lipinski definition) is 2. The highest BCUT2D eigenvalue weighted by Gasteiger charge is 2.42. The zero-order valence-corrected chi connectivity index (χ0v) is 15.8. The summed E-state index contributed by atoms with van der Waals surface area (Å²) in [6.45, 7) is 5.43. The number of benzene rings is 2. The molecule has 1 atom stereocenters. The lowest BCUT2D eigenvalue weighted by molar-refractivity contribution is -0.185. The van der Waals surface area contributed by atoms with Gasteiger partial charge in [-0.15, -0.1) is 0 Å². The summed E-state index contributed by atoms with van der Waals surface area (Å²) in [7, 11) is 0. The maximum absolute atomic E-state index is 13.8. The van der Waals surface area contributed by atoms with Crippen molar-refractivity contribution in [3.05, 3.63) is 48.4 Å². The van der Waals surface area contributed by atoms with Gasteiger partial charge in [-0.3, -0.25) is 0 Å². The van der Waals surface area contributed by atoms with Crippen molar-refractivity contribution < 1.29 is 31.1 Å². The minimum atomic E-state index is -4.68. The molecular formula is C21H22F6NO. The Balaban J connectivity index is 1.92. The van der Waals surface area contributed by atoms with Gasteiger partial charge in [-0.25, -0.2) is 0 Å². The molecule has 1 saturated carbocycles. The van der Waals surface area contributed by atoms with Gasteiger partial charge < -0.3 is 10.5 Å². The first kappa shape index (κ1) is 21.7. The van der Waals surface area contributed by atoms with Crippen molar-refractivity contribution in [3.8, 4) is 5.75 Å². The predicted molar refractivity (Wildman–Crippen MR) is 98.3 cm³/mol. The monoisotopic (exact) mass is 418 g/mol. The Morgan fingerprint density at radius 1 is 0.966 bits per heavy atom. The molecule has 2 N–H and O–H groups in total. The van der Waals surface area contributed by atoms with E-state index in [1.807, 2.05) is 0 Å². The third kappa shape index (κ3) is 4.79. The molecule has 8 heteroatoms. The third-order valence-electron chi connectivity index (χ3n) is 5.36. The second-order valence-electron chi connectivity index (χ2n) is 7.92. The van der Waals surface area contributed by atoms with Crippen molar-refractivity contribution in [2.75, 3.05) is 0 Å². The molecule has 2 nitrogen and oxygen atoms in total. The maximum Gasteiger partial charge on any atom is 0.420 e. The highest BCUT2D eigenvalue weighted by atomic mass is 19.4. The van der Waals surface area contributed by atoms with Crippen molar-refractivity contribution in [2.45, 2.75) is 56.6 Å². The lowest BCUT2D eigenvalue weighted by Gasteiger charge is -2.31. The van der Waals surface area contributed by atoms with E-state index >= 15 is 0 Å². The summed E-state index contributed by atoms with van der Waals surface area (Å²) >= 11 is 0. The fourth-order valence-corrected chi connectivity index (χ4v) is 3.74. The van der Waals surface area contributed by atoms with Crippen LogP contribution in [-0.4, -0.2) is 12.3 Å². The van der Waals surface area contributed by atoms with Gasteiger partial charge in [-0.05, 0) is 68.0 Å². The van der Waals surface area contributed by atoms with E-state index in [9.17, 15) is 26.3 Å². The number of halogens is 6. The first-order valence-electron chi connectivity index (χ1n) is 9.29. The molecule has 0 heterocycles. The Bertz CT molecular complexity index is 874. The first-order valence-corrected chi connectivity index (χ1v) is 9.29. The Labute approximate surface area is 165 Å². The summed E-state index contributed by atoms with van der Waals surface area (Å²) in [5.74, 6) is -1.79. The minimum absolute atomic E-state index is 0.0491. The average molecular weight is 418 g/mol. The van der Waals surface area contributed by atoms with E-state index in [4.69, 9.17) is 10.5 Å². The number of alkyl halides is 6. The van der Waals surface area contributed by atoms with Crippen LogP contribution < -0.4 is 10.5 Å². The standard InChI is InChI=1S/C21H22F6NO/c1-19(2,28)14-6-9-16-12(11-14)3-10-17(18(16)21(25,26)27)29-15-7-4-13(5-8-15)20(22,23)24/h3,6,9-11,13,15H,1,4-5,7-8,28H2,2H3/t13-,15-,19-/m1/s1. The quantitative estimate of drug-likeness (QED) is 0.588. The number of rotatable bonds is 3. The van der Waals surface area contributed by atoms with E-state index in [-0.39, 0.29) is 36.8 Å². The normalized spacial score (nSPS) is 21.4. The van der Waals surface area contributed by atoms with Crippen LogP contribution in [0.2, 0.25) is 0 Å². The molecule has 2 aromatic carbocycles. The van der Waals surface area contributed by atoms with E-state index in [2.05, 4.69) is 6.92 Å². The topological polar surface area (TPSA) is 35.2 Å². The fraction of sp³-hybridized carbons (Fsp3) is 0.476. The molecule has 0 aliphatic heterocycles. The Hall–Kier alpha value is -1.96. The molecule has 3 rings (SSSR count). The van der Waals surface area contributed by atoms with Gasteiger partial charge in [0.05, 0.1) is 12.0 Å². The van der Waals surface area contributed by atoms with E-state index < -0.39 is 35.5 Å². The summed E-state index contributed by atoms with van der Waals surface area (Å²) < 4.78 is 85.4. The van der Waals surface area contributed by atoms with E-state index in [0.717, 1.165) is 0 Å². The zero-order valence-electron chi connectivity index (χ0n) is 15.8. The molecule has 0 amide bonds. The smallest absolute Gasteiger partial charge is 0.420 e. The number of ether oxygens (including phenoxy) is 1. The van der Waals surface area contributed by atoms with Gasteiger partial charge in [0.1, 0.15) is 11.3 Å². The lowest BCUT2D eigenvalue weighted by atomic mass is 9.87. The van der Waals surface area contributed by atoms with Crippen LogP contribution in [0.3, 0.4) is 0 Å². The van der Waals surface area contributed by atoms with Crippen molar-refractivity contribution in [3.63, 3.8) is 0 Å². The first-order chi connectivity index (χ1) is 13.3. The zero-order chi connectivity index (χ0) is 21.6. The third-order valence-corrected chi connectivity index (χ3v) is 5.36. The molecule has 0 spiro atoms. The van der Waals surface area contributed by atoms with Gasteiger partial charge in [-0.2, -0.15) is 26.3 Å². The van der Waals surface area contributed by atoms with Crippen LogP contribution in [0.25, 0.3) is 10.8 Å². The largest absolute Gasteiger partial charge is 0.490 e. The summed E-state index contributed by atoms with van der Waals surface area (Å²) in [6.07, 6.45) is -9.82. The van der Waals surface area contributed by atoms with Crippen molar-refractivity contribution in [1.82, 2.24) is 0 Å². The lowest BCUT2D eigenvalue weighted by Crippen LogP contribution is -2.32. The number of nitrogens with two attached hydrogens (primary N) is 1. The Kier molecular flexibility index (Phi) is 5.53. The van der Waals surface area contributed by atoms with Crippen LogP contribution in [-0.2, 0) is 11.7 Å². The molecule has 0 unspecified atom stereocenters. The Morgan fingerprint density at radius 3 is 2.10 bits per heavy atom. The van der Waals surface area contributed by atoms with Gasteiger partial charge in [-0.1, -0.05) is 18.2 Å². The second-order valence-corrected chi connectivity index (χ2v) is 7.92. The predicted octanol–water partition coefficient (Wildman–Crippen LogP) is 6.37. The molecule has 0 saturated heterocycles. The molecule has 0 bridgehead atoms. The average Bonchev–Trinajstić information content (AvgIpc) is 2.59. The molecule has 2 aromatic rings. The number of fused-ring (bicyclic) bond motifs is 1. The fourth-order valence-electron chi connectivity index (χ4n) is 3.74. The molecule has 159 valence electrons. The highest BCUT2D eigenvalue weighted by Crippen LogP contribution is 2.44. The van der Waals surface area contributed by atoms with E-state index in [1.165, 1.54) is 24.3 Å². The summed E-state index contributed by atoms with van der Waals surface area (Å²) in [5.41, 5.74) is 4.62. The molecular weight excluding hydrogens is 396 g/mol. The van der Waals surface area contributed by atoms with Crippen LogP contribution in [0.4, 0.5) is 26.3 Å². The molecule has 29 heavy (non-hydrogen) atoms. The SMILES string of the molecule is [CH2][C@](C)(N)c1ccc2c(C(F)(F)F)c(O[C@H]3CC[C@H](C(F)(F)F)CC3)ccc2c1. The van der Waals surface area contributed by atoms with Gasteiger partial charge in [0, 0.05) is 5.54 Å². The summed E-state index contributed by atoms with van der Waals surface area (Å²) in [6, 6.07) is 7.09. The van der Waals surface area contributed by atoms with Crippen LogP contribution in [0.5, 0.6) is 5.75 Å². The molecule has 1 aliphatic rings. The minimum Gasteiger partial charge on any atom is -0.490 e. The maximum atomic E-state index is 13.8. The van der Waals surface area contributed by atoms with Gasteiger partial charge in [0.15, 0.2) is 0 Å². The van der Waals surface area contributed by atoms with Gasteiger partial charge >= 0.3 is 12.4 Å². The highest BCUT2D eigenvalue weighted by molar-refractivity contribution is 5.89. The Morgan fingerprint density at radius 2 is 1.59 bits per heavy atom. The van der Waals surface area contributed by atoms with Crippen LogP contribution in [0.1, 0.15) is 43.7 Å². The van der Waals surface area contributed by atoms with Crippen molar-refractivity contribution in [2.24, 2.45) is 11.7 Å². The second kappa shape index (κ2) is 7.38.